The number of carbonyl (C=O) groups is 2. The van der Waals surface area contributed by atoms with Crippen molar-refractivity contribution < 1.29 is 24.5 Å². The first-order chi connectivity index (χ1) is 29.0. The van der Waals surface area contributed by atoms with Crippen LogP contribution in [0.25, 0.3) is 0 Å². The molecule has 352 valence electrons. The minimum absolute atomic E-state index is 0.0879. The summed E-state index contributed by atoms with van der Waals surface area (Å²) in [5.41, 5.74) is 0. The first-order valence-electron chi connectivity index (χ1n) is 26.8. The maximum Gasteiger partial charge on any atom is 0.306 e. The van der Waals surface area contributed by atoms with E-state index in [4.69, 9.17) is 4.74 Å². The number of nitrogens with one attached hydrogen (secondary N) is 1. The fraction of sp³-hybridized carbons (Fsp3) is 0.962. The Bertz CT molecular complexity index is 852. The standard InChI is InChI=1S/C53H105NO5/c1-4-7-10-13-16-19-22-25-26-28-30-33-36-39-42-45-51(56)50(48-55)54-52(57)47-49(44-41-38-35-32-29-24-21-18-15-12-9-6-3)59-53(58)46-43-40-37-34-31-27-23-20-17-14-11-8-5-2/h49-51,55-56H,4-48H2,1-3H3,(H,54,57). The summed E-state index contributed by atoms with van der Waals surface area (Å²) in [5.74, 6) is -0.450. The van der Waals surface area contributed by atoms with Gasteiger partial charge in [0, 0.05) is 6.42 Å². The molecule has 0 rings (SSSR count). The molecule has 0 aliphatic carbocycles. The van der Waals surface area contributed by atoms with Gasteiger partial charge in [0.1, 0.15) is 6.10 Å². The second kappa shape index (κ2) is 47.9. The molecule has 0 aliphatic heterocycles. The van der Waals surface area contributed by atoms with Crippen LogP contribution in [0.15, 0.2) is 0 Å². The van der Waals surface area contributed by atoms with Gasteiger partial charge < -0.3 is 20.3 Å². The van der Waals surface area contributed by atoms with E-state index in [0.717, 1.165) is 38.5 Å². The van der Waals surface area contributed by atoms with Crippen LogP contribution in [0.3, 0.4) is 0 Å². The van der Waals surface area contributed by atoms with Crippen LogP contribution in [0, 0.1) is 0 Å². The smallest absolute Gasteiger partial charge is 0.306 e. The molecule has 0 fully saturated rings. The Morgan fingerprint density at radius 1 is 0.424 bits per heavy atom. The van der Waals surface area contributed by atoms with Crippen LogP contribution in [-0.4, -0.2) is 46.9 Å². The molecule has 3 N–H and O–H groups in total. The summed E-state index contributed by atoms with van der Waals surface area (Å²) < 4.78 is 5.94. The van der Waals surface area contributed by atoms with Crippen LogP contribution in [0.4, 0.5) is 0 Å². The third-order valence-electron chi connectivity index (χ3n) is 12.7. The molecule has 0 radical (unpaired) electrons. The van der Waals surface area contributed by atoms with Crippen LogP contribution in [0.5, 0.6) is 0 Å². The van der Waals surface area contributed by atoms with Crippen molar-refractivity contribution in [3.8, 4) is 0 Å². The second-order valence-electron chi connectivity index (χ2n) is 18.6. The number of amides is 1. The zero-order chi connectivity index (χ0) is 43.1. The monoisotopic (exact) mass is 836 g/mol. The van der Waals surface area contributed by atoms with Crippen molar-refractivity contribution in [2.75, 3.05) is 6.61 Å². The third kappa shape index (κ3) is 43.3. The van der Waals surface area contributed by atoms with Crippen LogP contribution in [0.2, 0.25) is 0 Å². The molecule has 0 heterocycles. The van der Waals surface area contributed by atoms with E-state index in [1.807, 2.05) is 0 Å². The fourth-order valence-electron chi connectivity index (χ4n) is 8.61. The summed E-state index contributed by atoms with van der Waals surface area (Å²) in [6.45, 7) is 6.51. The quantitative estimate of drug-likeness (QED) is 0.0419. The average Bonchev–Trinajstić information content (AvgIpc) is 3.23. The van der Waals surface area contributed by atoms with E-state index in [1.54, 1.807) is 0 Å². The number of hydrogen-bond donors (Lipinski definition) is 3. The van der Waals surface area contributed by atoms with Crippen molar-refractivity contribution in [3.05, 3.63) is 0 Å². The molecule has 0 aromatic rings. The zero-order valence-electron chi connectivity index (χ0n) is 40.2. The van der Waals surface area contributed by atoms with Crippen molar-refractivity contribution in [1.82, 2.24) is 5.32 Å². The van der Waals surface area contributed by atoms with Gasteiger partial charge in [-0.1, -0.05) is 265 Å². The Balaban J connectivity index is 4.47. The summed E-state index contributed by atoms with van der Waals surface area (Å²) in [6.07, 6.45) is 51.6. The van der Waals surface area contributed by atoms with E-state index in [-0.39, 0.29) is 24.9 Å². The molecule has 59 heavy (non-hydrogen) atoms. The maximum absolute atomic E-state index is 13.2. The van der Waals surface area contributed by atoms with Gasteiger partial charge in [-0.05, 0) is 25.7 Å². The molecule has 0 spiro atoms. The molecule has 0 saturated carbocycles. The normalized spacial score (nSPS) is 13.1. The van der Waals surface area contributed by atoms with Gasteiger partial charge in [-0.15, -0.1) is 0 Å². The molecule has 0 saturated heterocycles. The number of carbonyl (C=O) groups excluding carboxylic acids is 2. The number of aliphatic hydroxyl groups is 2. The molecule has 3 unspecified atom stereocenters. The molecule has 3 atom stereocenters. The number of esters is 1. The molecule has 0 aromatic heterocycles. The topological polar surface area (TPSA) is 95.9 Å². The van der Waals surface area contributed by atoms with Gasteiger partial charge in [-0.25, -0.2) is 0 Å². The Labute approximate surface area is 368 Å². The Morgan fingerprint density at radius 2 is 0.712 bits per heavy atom. The van der Waals surface area contributed by atoms with Gasteiger partial charge >= 0.3 is 5.97 Å². The van der Waals surface area contributed by atoms with Crippen LogP contribution in [-0.2, 0) is 14.3 Å². The van der Waals surface area contributed by atoms with Crippen molar-refractivity contribution >= 4 is 11.9 Å². The van der Waals surface area contributed by atoms with Crippen molar-refractivity contribution in [2.24, 2.45) is 0 Å². The fourth-order valence-corrected chi connectivity index (χ4v) is 8.61. The molecule has 6 heteroatoms. The van der Waals surface area contributed by atoms with Crippen LogP contribution >= 0.6 is 0 Å². The lowest BCUT2D eigenvalue weighted by Gasteiger charge is -2.24. The Kier molecular flexibility index (Phi) is 47.0. The molecule has 6 nitrogen and oxygen atoms in total. The minimum Gasteiger partial charge on any atom is -0.462 e. The predicted molar refractivity (Wildman–Crippen MR) is 255 cm³/mol. The highest BCUT2D eigenvalue weighted by molar-refractivity contribution is 5.77. The van der Waals surface area contributed by atoms with Crippen molar-refractivity contribution in [1.29, 1.82) is 0 Å². The van der Waals surface area contributed by atoms with Gasteiger partial charge in [-0.2, -0.15) is 0 Å². The van der Waals surface area contributed by atoms with E-state index in [2.05, 4.69) is 26.1 Å². The van der Waals surface area contributed by atoms with E-state index in [9.17, 15) is 19.8 Å². The molecular formula is C53H105NO5. The van der Waals surface area contributed by atoms with Gasteiger partial charge in [-0.3, -0.25) is 9.59 Å². The summed E-state index contributed by atoms with van der Waals surface area (Å²) in [4.78, 5) is 26.1. The SMILES string of the molecule is CCCCCCCCCCCCCCCCCC(O)C(CO)NC(=O)CC(CCCCCCCCCCCCCC)OC(=O)CCCCCCCCCCCCCCC. The zero-order valence-corrected chi connectivity index (χ0v) is 40.2. The highest BCUT2D eigenvalue weighted by Crippen LogP contribution is 2.19. The highest BCUT2D eigenvalue weighted by atomic mass is 16.5. The number of aliphatic hydroxyl groups excluding tert-OH is 2. The first-order valence-corrected chi connectivity index (χ1v) is 26.8. The number of hydrogen-bond acceptors (Lipinski definition) is 5. The minimum atomic E-state index is -0.779. The summed E-state index contributed by atoms with van der Waals surface area (Å²) in [6, 6.07) is -0.692. The number of rotatable bonds is 49. The van der Waals surface area contributed by atoms with Gasteiger partial charge in [0.15, 0.2) is 0 Å². The molecule has 0 bridgehead atoms. The van der Waals surface area contributed by atoms with Gasteiger partial charge in [0.2, 0.25) is 5.91 Å². The summed E-state index contributed by atoms with van der Waals surface area (Å²) in [5, 5.41) is 23.8. The molecule has 1 amide bonds. The van der Waals surface area contributed by atoms with Crippen LogP contribution in [0.1, 0.15) is 303 Å². The predicted octanol–water partition coefficient (Wildman–Crippen LogP) is 16.0. The number of unbranched alkanes of at least 4 members (excludes halogenated alkanes) is 37. The van der Waals surface area contributed by atoms with Gasteiger partial charge in [0.05, 0.1) is 25.2 Å². The van der Waals surface area contributed by atoms with E-state index in [1.165, 1.54) is 218 Å². The largest absolute Gasteiger partial charge is 0.462 e. The lowest BCUT2D eigenvalue weighted by atomic mass is 10.0. The summed E-state index contributed by atoms with van der Waals surface area (Å²) >= 11 is 0. The highest BCUT2D eigenvalue weighted by Gasteiger charge is 2.24. The molecular weight excluding hydrogens is 731 g/mol. The summed E-state index contributed by atoms with van der Waals surface area (Å²) in [7, 11) is 0. The van der Waals surface area contributed by atoms with E-state index in [0.29, 0.717) is 19.3 Å². The van der Waals surface area contributed by atoms with Crippen LogP contribution < -0.4 is 5.32 Å². The Morgan fingerprint density at radius 3 is 1.03 bits per heavy atom. The average molecular weight is 836 g/mol. The number of ether oxygens (including phenoxy) is 1. The Hall–Kier alpha value is -1.14. The first kappa shape index (κ1) is 57.9. The van der Waals surface area contributed by atoms with E-state index < -0.39 is 18.2 Å². The van der Waals surface area contributed by atoms with Gasteiger partial charge in [0.25, 0.3) is 0 Å². The van der Waals surface area contributed by atoms with Crippen molar-refractivity contribution in [3.63, 3.8) is 0 Å². The second-order valence-corrected chi connectivity index (χ2v) is 18.6. The lowest BCUT2D eigenvalue weighted by Crippen LogP contribution is -2.46. The molecule has 0 aromatic carbocycles. The molecule has 0 aliphatic rings. The van der Waals surface area contributed by atoms with E-state index >= 15 is 0 Å². The third-order valence-corrected chi connectivity index (χ3v) is 12.7. The lowest BCUT2D eigenvalue weighted by molar-refractivity contribution is -0.151. The maximum atomic E-state index is 13.2. The van der Waals surface area contributed by atoms with Crippen molar-refractivity contribution in [2.45, 2.75) is 322 Å².